The summed E-state index contributed by atoms with van der Waals surface area (Å²) in [5.41, 5.74) is 0. The molecule has 0 aromatic rings. The summed E-state index contributed by atoms with van der Waals surface area (Å²) in [5, 5.41) is 16.8. The fraction of sp³-hybridized carbons (Fsp3) is 1.00. The Bertz CT molecular complexity index is 424. The molecular weight excluding hydrogens is 276 g/mol. The van der Waals surface area contributed by atoms with Gasteiger partial charge in [0.15, 0.2) is 0 Å². The van der Waals surface area contributed by atoms with Crippen LogP contribution in [0.1, 0.15) is 19.8 Å². The first-order valence-electron chi connectivity index (χ1n) is 7.78. The molecule has 0 amide bonds. The van der Waals surface area contributed by atoms with E-state index in [1.54, 1.807) is 0 Å². The topological polar surface area (TPSA) is 84.5 Å². The Labute approximate surface area is 124 Å². The van der Waals surface area contributed by atoms with Crippen LogP contribution in [0.4, 0.5) is 0 Å². The maximum absolute atomic E-state index is 10.5. The summed E-state index contributed by atoms with van der Waals surface area (Å²) in [6.45, 7) is 2.03. The van der Waals surface area contributed by atoms with Crippen LogP contribution >= 0.6 is 0 Å². The summed E-state index contributed by atoms with van der Waals surface area (Å²) in [6, 6.07) is -0.223. The Morgan fingerprint density at radius 3 is 2.62 bits per heavy atom. The van der Waals surface area contributed by atoms with Gasteiger partial charge in [0.2, 0.25) is 12.1 Å². The molecule has 21 heavy (non-hydrogen) atoms. The van der Waals surface area contributed by atoms with Crippen LogP contribution in [-0.4, -0.2) is 73.9 Å². The summed E-state index contributed by atoms with van der Waals surface area (Å²) >= 11 is 0. The quantitative estimate of drug-likeness (QED) is 0.561. The molecule has 7 nitrogen and oxygen atoms in total. The molecule has 3 saturated heterocycles. The van der Waals surface area contributed by atoms with E-state index >= 15 is 0 Å². The smallest absolute Gasteiger partial charge is 0.248 e. The molecule has 0 radical (unpaired) electrons. The Morgan fingerprint density at radius 1 is 1.10 bits per heavy atom. The number of fused-ring (bicyclic) bond motifs is 1. The Hall–Kier alpha value is -0.280. The lowest BCUT2D eigenvalue weighted by Gasteiger charge is -2.50. The lowest BCUT2D eigenvalue weighted by atomic mass is 9.82. The van der Waals surface area contributed by atoms with Crippen LogP contribution in [0.3, 0.4) is 0 Å². The van der Waals surface area contributed by atoms with Crippen molar-refractivity contribution in [2.24, 2.45) is 0 Å². The average Bonchev–Trinajstić information content (AvgIpc) is 3.15. The van der Waals surface area contributed by atoms with E-state index < -0.39 is 18.2 Å². The highest BCUT2D eigenvalue weighted by Gasteiger charge is 2.72. The van der Waals surface area contributed by atoms with Crippen LogP contribution in [0.2, 0.25) is 0 Å². The number of hydrogen-bond donors (Lipinski definition) is 3. The maximum Gasteiger partial charge on any atom is 0.248 e. The van der Waals surface area contributed by atoms with Gasteiger partial charge in [-0.3, -0.25) is 0 Å². The van der Waals surface area contributed by atoms with Crippen molar-refractivity contribution in [3.05, 3.63) is 0 Å². The number of hydrogen-bond acceptors (Lipinski definition) is 7. The monoisotopic (exact) mass is 300 g/mol. The third-order valence-corrected chi connectivity index (χ3v) is 5.26. The zero-order chi connectivity index (χ0) is 14.8. The van der Waals surface area contributed by atoms with Gasteiger partial charge in [0.05, 0.1) is 24.4 Å². The summed E-state index contributed by atoms with van der Waals surface area (Å²) < 4.78 is 24.1. The van der Waals surface area contributed by atoms with E-state index in [0.717, 1.165) is 6.42 Å². The van der Waals surface area contributed by atoms with Gasteiger partial charge in [-0.2, -0.15) is 0 Å². The van der Waals surface area contributed by atoms with Crippen molar-refractivity contribution in [1.29, 1.82) is 0 Å². The molecule has 3 N–H and O–H groups in total. The maximum atomic E-state index is 10.5. The summed E-state index contributed by atoms with van der Waals surface area (Å²) in [7, 11) is 3.69. The zero-order valence-electron chi connectivity index (χ0n) is 12.6. The molecule has 1 saturated carbocycles. The normalized spacial score (nSPS) is 58.9. The van der Waals surface area contributed by atoms with Gasteiger partial charge in [-0.15, -0.1) is 0 Å². The highest BCUT2D eigenvalue weighted by atomic mass is 16.9. The fourth-order valence-corrected chi connectivity index (χ4v) is 4.03. The molecule has 4 fully saturated rings. The minimum absolute atomic E-state index is 0.0294. The van der Waals surface area contributed by atoms with E-state index in [2.05, 4.69) is 10.6 Å². The summed E-state index contributed by atoms with van der Waals surface area (Å²) in [5.74, 6) is -0.755. The van der Waals surface area contributed by atoms with Crippen molar-refractivity contribution >= 4 is 0 Å². The van der Waals surface area contributed by atoms with Crippen molar-refractivity contribution in [3.63, 3.8) is 0 Å². The van der Waals surface area contributed by atoms with Crippen LogP contribution in [0.5, 0.6) is 0 Å². The highest BCUT2D eigenvalue weighted by Crippen LogP contribution is 2.54. The van der Waals surface area contributed by atoms with E-state index in [4.69, 9.17) is 18.9 Å². The van der Waals surface area contributed by atoms with Crippen molar-refractivity contribution in [2.75, 3.05) is 14.1 Å². The minimum Gasteiger partial charge on any atom is -0.390 e. The molecule has 4 aliphatic rings. The molecule has 4 unspecified atom stereocenters. The average molecular weight is 300 g/mol. The molecule has 3 heterocycles. The molecular formula is C14H24N2O5. The van der Waals surface area contributed by atoms with Crippen molar-refractivity contribution in [3.8, 4) is 0 Å². The molecule has 4 rings (SSSR count). The summed E-state index contributed by atoms with van der Waals surface area (Å²) in [6.07, 6.45) is 0.339. The third kappa shape index (κ3) is 1.99. The molecule has 7 heteroatoms. The number of ether oxygens (including phenoxy) is 4. The first-order valence-corrected chi connectivity index (χ1v) is 7.78. The predicted octanol–water partition coefficient (Wildman–Crippen LogP) is -1.06. The standard InChI is InChI=1S/C14H24N2O5/c1-6-4-9-14(20-9)13(18-6)19-8-5-7(15-2)11(17)10(16-3)12(8)21-14/h6-13,15-17H,4-5H2,1-3H3/t6-,7+,8?,9-,10?,11+,12?,13?,14+/m1/s1. The number of nitrogens with one attached hydrogen (secondary N) is 2. The van der Waals surface area contributed by atoms with E-state index in [1.165, 1.54) is 0 Å². The van der Waals surface area contributed by atoms with Gasteiger partial charge in [0.1, 0.15) is 12.2 Å². The second-order valence-electron chi connectivity index (χ2n) is 6.54. The van der Waals surface area contributed by atoms with Crippen LogP contribution < -0.4 is 10.6 Å². The van der Waals surface area contributed by atoms with Crippen molar-refractivity contribution < 1.29 is 24.1 Å². The number of likely N-dealkylation sites (N-methyl/N-ethyl adjacent to an activating group) is 2. The molecule has 1 spiro atoms. The second kappa shape index (κ2) is 4.86. The van der Waals surface area contributed by atoms with Gasteiger partial charge in [-0.05, 0) is 27.4 Å². The minimum atomic E-state index is -0.755. The first kappa shape index (κ1) is 14.3. The van der Waals surface area contributed by atoms with Crippen LogP contribution in [0.25, 0.3) is 0 Å². The number of aliphatic hydroxyl groups is 1. The van der Waals surface area contributed by atoms with Crippen molar-refractivity contribution in [1.82, 2.24) is 10.6 Å². The highest BCUT2D eigenvalue weighted by molar-refractivity contribution is 5.10. The van der Waals surface area contributed by atoms with Gasteiger partial charge in [-0.1, -0.05) is 0 Å². The first-order chi connectivity index (χ1) is 10.1. The third-order valence-electron chi connectivity index (χ3n) is 5.26. The number of aliphatic hydroxyl groups excluding tert-OH is 1. The Balaban J connectivity index is 1.58. The molecule has 1 aliphatic carbocycles. The van der Waals surface area contributed by atoms with Crippen LogP contribution in [0.15, 0.2) is 0 Å². The molecule has 0 aromatic carbocycles. The Kier molecular flexibility index (Phi) is 3.31. The zero-order valence-corrected chi connectivity index (χ0v) is 12.6. The lowest BCUT2D eigenvalue weighted by Crippen LogP contribution is -2.70. The van der Waals surface area contributed by atoms with Gasteiger partial charge >= 0.3 is 0 Å². The van der Waals surface area contributed by atoms with E-state index in [-0.39, 0.29) is 36.5 Å². The summed E-state index contributed by atoms with van der Waals surface area (Å²) in [4.78, 5) is 0. The molecule has 3 aliphatic heterocycles. The molecule has 0 aromatic heterocycles. The largest absolute Gasteiger partial charge is 0.390 e. The lowest BCUT2D eigenvalue weighted by molar-refractivity contribution is -0.363. The number of rotatable bonds is 2. The van der Waals surface area contributed by atoms with E-state index in [9.17, 15) is 5.11 Å². The number of epoxide rings is 1. The van der Waals surface area contributed by atoms with Crippen LogP contribution in [0, 0.1) is 0 Å². The molecule has 0 bridgehead atoms. The predicted molar refractivity (Wildman–Crippen MR) is 72.6 cm³/mol. The second-order valence-corrected chi connectivity index (χ2v) is 6.54. The van der Waals surface area contributed by atoms with E-state index in [1.807, 2.05) is 21.0 Å². The van der Waals surface area contributed by atoms with Gasteiger partial charge in [-0.25, -0.2) is 0 Å². The van der Waals surface area contributed by atoms with Gasteiger partial charge in [0.25, 0.3) is 0 Å². The van der Waals surface area contributed by atoms with Gasteiger partial charge in [0, 0.05) is 12.5 Å². The SMILES string of the molecule is CNC1C2O[C@@]34O[C@@H]3C[C@@H](C)OC4OC2C[C@H](NC)[C@@H]1O. The van der Waals surface area contributed by atoms with Crippen LogP contribution in [-0.2, 0) is 18.9 Å². The Morgan fingerprint density at radius 2 is 1.90 bits per heavy atom. The van der Waals surface area contributed by atoms with E-state index in [0.29, 0.717) is 6.42 Å². The van der Waals surface area contributed by atoms with Gasteiger partial charge < -0.3 is 34.7 Å². The molecule has 120 valence electrons. The fourth-order valence-electron chi connectivity index (χ4n) is 4.03. The molecule has 9 atom stereocenters. The van der Waals surface area contributed by atoms with Crippen molar-refractivity contribution in [2.45, 2.75) is 74.4 Å².